The second-order valence-corrected chi connectivity index (χ2v) is 7.43. The molecule has 24 heavy (non-hydrogen) atoms. The van der Waals surface area contributed by atoms with E-state index in [1.807, 2.05) is 17.6 Å². The van der Waals surface area contributed by atoms with Crippen LogP contribution in [-0.4, -0.2) is 65.4 Å². The molecule has 0 spiro atoms. The van der Waals surface area contributed by atoms with Crippen molar-refractivity contribution >= 4 is 21.4 Å². The van der Waals surface area contributed by atoms with Crippen LogP contribution in [-0.2, 0) is 4.74 Å². The molecule has 1 aliphatic heterocycles. The lowest BCUT2D eigenvalue weighted by Gasteiger charge is -2.29. The van der Waals surface area contributed by atoms with Gasteiger partial charge in [0.15, 0.2) is 0 Å². The number of nitrogens with zero attached hydrogens (tertiary/aromatic N) is 5. The fraction of sp³-hybridized carbons (Fsp3) is 0.765. The topological polar surface area (TPSA) is 45.9 Å². The van der Waals surface area contributed by atoms with Gasteiger partial charge in [0.25, 0.3) is 0 Å². The molecule has 134 valence electrons. The van der Waals surface area contributed by atoms with E-state index in [0.717, 1.165) is 61.7 Å². The van der Waals surface area contributed by atoms with E-state index in [2.05, 4.69) is 21.7 Å². The van der Waals surface area contributed by atoms with Crippen molar-refractivity contribution in [2.24, 2.45) is 0 Å². The van der Waals surface area contributed by atoms with Crippen molar-refractivity contribution in [2.75, 3.05) is 50.8 Å². The number of hydrogen-bond acceptors (Lipinski definition) is 6. The standard InChI is InChI=1S/C17H29N5OS/c1-3-4-5-6-7-21(9-8-20-10-12-23-13-11-20)17-19-22-14-15(2)18-16(22)24-17/h14H,3-13H2,1-2H3. The predicted octanol–water partition coefficient (Wildman–Crippen LogP) is 2.82. The van der Waals surface area contributed by atoms with Crippen molar-refractivity contribution in [2.45, 2.75) is 39.5 Å². The van der Waals surface area contributed by atoms with Crippen LogP contribution in [0.5, 0.6) is 0 Å². The van der Waals surface area contributed by atoms with Gasteiger partial charge in [-0.25, -0.2) is 9.50 Å². The Morgan fingerprint density at radius 2 is 2.04 bits per heavy atom. The van der Waals surface area contributed by atoms with Crippen LogP contribution in [0.2, 0.25) is 0 Å². The first-order chi connectivity index (χ1) is 11.8. The Morgan fingerprint density at radius 1 is 1.21 bits per heavy atom. The van der Waals surface area contributed by atoms with E-state index in [9.17, 15) is 0 Å². The number of aryl methyl sites for hydroxylation is 1. The van der Waals surface area contributed by atoms with Gasteiger partial charge in [-0.2, -0.15) is 0 Å². The smallest absolute Gasteiger partial charge is 0.214 e. The predicted molar refractivity (Wildman–Crippen MR) is 99.2 cm³/mol. The number of aromatic nitrogens is 3. The minimum atomic E-state index is 0.862. The summed E-state index contributed by atoms with van der Waals surface area (Å²) < 4.78 is 7.37. The minimum Gasteiger partial charge on any atom is -0.379 e. The summed E-state index contributed by atoms with van der Waals surface area (Å²) in [4.78, 5) is 10.5. The van der Waals surface area contributed by atoms with E-state index >= 15 is 0 Å². The van der Waals surface area contributed by atoms with Gasteiger partial charge in [-0.1, -0.05) is 37.5 Å². The number of unbranched alkanes of at least 4 members (excludes halogenated alkanes) is 3. The molecule has 0 saturated carbocycles. The molecule has 2 aromatic heterocycles. The molecule has 2 aromatic rings. The fourth-order valence-electron chi connectivity index (χ4n) is 3.05. The van der Waals surface area contributed by atoms with E-state index in [1.54, 1.807) is 11.3 Å². The molecule has 0 aromatic carbocycles. The largest absolute Gasteiger partial charge is 0.379 e. The molecule has 1 aliphatic rings. The summed E-state index contributed by atoms with van der Waals surface area (Å²) in [7, 11) is 0. The Morgan fingerprint density at radius 3 is 2.79 bits per heavy atom. The zero-order valence-electron chi connectivity index (χ0n) is 14.9. The molecule has 0 aliphatic carbocycles. The summed E-state index contributed by atoms with van der Waals surface area (Å²) in [6.07, 6.45) is 7.13. The number of anilines is 1. The van der Waals surface area contributed by atoms with Crippen LogP contribution in [0.1, 0.15) is 38.3 Å². The average Bonchev–Trinajstić information content (AvgIpc) is 3.12. The third-order valence-electron chi connectivity index (χ3n) is 4.49. The number of hydrogen-bond donors (Lipinski definition) is 0. The third kappa shape index (κ3) is 4.68. The minimum absolute atomic E-state index is 0.862. The molecular formula is C17H29N5OS. The van der Waals surface area contributed by atoms with E-state index in [-0.39, 0.29) is 0 Å². The number of ether oxygens (including phenoxy) is 1. The van der Waals surface area contributed by atoms with Gasteiger partial charge in [0.1, 0.15) is 0 Å². The highest BCUT2D eigenvalue weighted by Gasteiger charge is 2.16. The molecule has 3 heterocycles. The molecule has 6 nitrogen and oxygen atoms in total. The van der Waals surface area contributed by atoms with E-state index in [0.29, 0.717) is 0 Å². The Balaban J connectivity index is 1.62. The third-order valence-corrected chi connectivity index (χ3v) is 5.48. The highest BCUT2D eigenvalue weighted by molar-refractivity contribution is 7.20. The summed E-state index contributed by atoms with van der Waals surface area (Å²) in [6, 6.07) is 0. The Bertz CT molecular complexity index is 588. The van der Waals surface area contributed by atoms with Gasteiger partial charge in [0.2, 0.25) is 10.1 Å². The highest BCUT2D eigenvalue weighted by atomic mass is 32.1. The molecular weight excluding hydrogens is 322 g/mol. The molecule has 0 unspecified atom stereocenters. The summed E-state index contributed by atoms with van der Waals surface area (Å²) >= 11 is 1.70. The van der Waals surface area contributed by atoms with Crippen molar-refractivity contribution in [1.29, 1.82) is 0 Å². The maximum absolute atomic E-state index is 5.45. The van der Waals surface area contributed by atoms with Crippen molar-refractivity contribution in [1.82, 2.24) is 19.5 Å². The quantitative estimate of drug-likeness (QED) is 0.650. The Hall–Kier alpha value is -1.18. The van der Waals surface area contributed by atoms with Crippen LogP contribution in [0.3, 0.4) is 0 Å². The van der Waals surface area contributed by atoms with Gasteiger partial charge >= 0.3 is 0 Å². The molecule has 1 fully saturated rings. The lowest BCUT2D eigenvalue weighted by atomic mass is 10.2. The second-order valence-electron chi connectivity index (χ2n) is 6.50. The first-order valence-electron chi connectivity index (χ1n) is 9.14. The fourth-order valence-corrected chi connectivity index (χ4v) is 4.03. The first-order valence-corrected chi connectivity index (χ1v) is 9.96. The van der Waals surface area contributed by atoms with Crippen molar-refractivity contribution in [3.05, 3.63) is 11.9 Å². The van der Waals surface area contributed by atoms with Crippen LogP contribution in [0, 0.1) is 6.92 Å². The normalized spacial score (nSPS) is 16.1. The van der Waals surface area contributed by atoms with Gasteiger partial charge in [-0.15, -0.1) is 5.10 Å². The van der Waals surface area contributed by atoms with Gasteiger partial charge in [0, 0.05) is 32.7 Å². The summed E-state index contributed by atoms with van der Waals surface area (Å²) in [5.74, 6) is 0. The highest BCUT2D eigenvalue weighted by Crippen LogP contribution is 2.23. The maximum Gasteiger partial charge on any atom is 0.214 e. The lowest BCUT2D eigenvalue weighted by molar-refractivity contribution is 0.0391. The van der Waals surface area contributed by atoms with Crippen LogP contribution in [0.25, 0.3) is 4.96 Å². The zero-order valence-corrected chi connectivity index (χ0v) is 15.7. The molecule has 0 N–H and O–H groups in total. The van der Waals surface area contributed by atoms with Crippen molar-refractivity contribution < 1.29 is 4.74 Å². The molecule has 3 rings (SSSR count). The molecule has 0 radical (unpaired) electrons. The second kappa shape index (κ2) is 8.78. The summed E-state index contributed by atoms with van der Waals surface area (Å²) in [5, 5.41) is 5.85. The van der Waals surface area contributed by atoms with E-state index in [4.69, 9.17) is 9.84 Å². The average molecular weight is 352 g/mol. The number of fused-ring (bicyclic) bond motifs is 1. The monoisotopic (exact) mass is 351 g/mol. The van der Waals surface area contributed by atoms with Crippen molar-refractivity contribution in [3.63, 3.8) is 0 Å². The van der Waals surface area contributed by atoms with Crippen LogP contribution < -0.4 is 4.90 Å². The van der Waals surface area contributed by atoms with Gasteiger partial charge in [-0.05, 0) is 13.3 Å². The number of morpholine rings is 1. The van der Waals surface area contributed by atoms with Gasteiger partial charge in [-0.3, -0.25) is 4.90 Å². The van der Waals surface area contributed by atoms with Gasteiger partial charge < -0.3 is 9.64 Å². The van der Waals surface area contributed by atoms with Crippen LogP contribution in [0.15, 0.2) is 6.20 Å². The SMILES string of the molecule is CCCCCCN(CCN1CCOCC1)c1nn2cc(C)nc2s1. The molecule has 0 amide bonds. The number of rotatable bonds is 9. The van der Waals surface area contributed by atoms with E-state index in [1.165, 1.54) is 25.7 Å². The van der Waals surface area contributed by atoms with Crippen molar-refractivity contribution in [3.8, 4) is 0 Å². The zero-order chi connectivity index (χ0) is 16.8. The lowest BCUT2D eigenvalue weighted by Crippen LogP contribution is -2.41. The molecule has 7 heteroatoms. The maximum atomic E-state index is 5.45. The first kappa shape index (κ1) is 17.6. The molecule has 0 atom stereocenters. The number of imidazole rings is 1. The Labute approximate surface area is 148 Å². The molecule has 0 bridgehead atoms. The molecule has 1 saturated heterocycles. The van der Waals surface area contributed by atoms with E-state index < -0.39 is 0 Å². The summed E-state index contributed by atoms with van der Waals surface area (Å²) in [5.41, 5.74) is 1.03. The summed E-state index contributed by atoms with van der Waals surface area (Å²) in [6.45, 7) is 11.3. The van der Waals surface area contributed by atoms with Gasteiger partial charge in [0.05, 0.1) is 25.1 Å². The Kier molecular flexibility index (Phi) is 6.45. The van der Waals surface area contributed by atoms with Crippen LogP contribution >= 0.6 is 11.3 Å². The van der Waals surface area contributed by atoms with Crippen LogP contribution in [0.4, 0.5) is 5.13 Å².